The van der Waals surface area contributed by atoms with Crippen molar-refractivity contribution in [1.29, 1.82) is 0 Å². The number of carboxylic acid groups (broad SMARTS) is 1. The summed E-state index contributed by atoms with van der Waals surface area (Å²) in [6.45, 7) is 0.492. The molecule has 1 aromatic heterocycles. The Bertz CT molecular complexity index is 1450. The molecule has 0 saturated heterocycles. The predicted octanol–water partition coefficient (Wildman–Crippen LogP) is 2.96. The van der Waals surface area contributed by atoms with Gasteiger partial charge >= 0.3 is 5.97 Å². The van der Waals surface area contributed by atoms with Crippen LogP contribution in [-0.2, 0) is 26.7 Å². The van der Waals surface area contributed by atoms with Crippen molar-refractivity contribution < 1.29 is 27.9 Å². The van der Waals surface area contributed by atoms with Gasteiger partial charge < -0.3 is 15.2 Å². The number of anilines is 1. The smallest absolute Gasteiger partial charge is 0.314 e. The average molecular weight is 494 g/mol. The van der Waals surface area contributed by atoms with Crippen LogP contribution in [0.1, 0.15) is 34.5 Å². The molecular weight excluding hydrogens is 470 g/mol. The lowest BCUT2D eigenvalue weighted by Gasteiger charge is -2.17. The third-order valence-electron chi connectivity index (χ3n) is 6.50. The third-order valence-corrected chi connectivity index (χ3v) is 7.90. The first kappa shape index (κ1) is 22.9. The minimum absolute atomic E-state index is 0.0760. The number of carboxylic acids is 1. The van der Waals surface area contributed by atoms with Gasteiger partial charge in [0.05, 0.1) is 35.7 Å². The van der Waals surface area contributed by atoms with E-state index in [9.17, 15) is 23.1 Å². The number of aliphatic carboxylic acids is 1. The van der Waals surface area contributed by atoms with Crippen LogP contribution in [0.3, 0.4) is 0 Å². The van der Waals surface area contributed by atoms with Crippen molar-refractivity contribution in [2.24, 2.45) is 0 Å². The predicted molar refractivity (Wildman–Crippen MR) is 128 cm³/mol. The van der Waals surface area contributed by atoms with Crippen molar-refractivity contribution in [3.63, 3.8) is 0 Å². The normalized spacial score (nSPS) is 16.1. The summed E-state index contributed by atoms with van der Waals surface area (Å²) in [5.41, 5.74) is 2.42. The zero-order chi connectivity index (χ0) is 24.8. The van der Waals surface area contributed by atoms with Crippen molar-refractivity contribution in [1.82, 2.24) is 10.3 Å². The lowest BCUT2D eigenvalue weighted by atomic mass is 9.94. The SMILES string of the molecule is COc1ccc(-c2ccc(C3(C(=O)O)CC3)cc2)cc1S(=O)(=O)Nc1cnc2c(c1)C(=O)NCC2. The van der Waals surface area contributed by atoms with E-state index in [1.165, 1.54) is 25.4 Å². The lowest BCUT2D eigenvalue weighted by Crippen LogP contribution is -2.32. The molecule has 180 valence electrons. The Hall–Kier alpha value is -3.92. The molecule has 3 N–H and O–H groups in total. The van der Waals surface area contributed by atoms with Crippen molar-refractivity contribution in [2.45, 2.75) is 29.6 Å². The summed E-state index contributed by atoms with van der Waals surface area (Å²) in [6.07, 6.45) is 3.19. The molecule has 3 aromatic rings. The largest absolute Gasteiger partial charge is 0.495 e. The maximum Gasteiger partial charge on any atom is 0.314 e. The fraction of sp³-hybridized carbons (Fsp3) is 0.240. The molecule has 1 aliphatic carbocycles. The maximum atomic E-state index is 13.3. The van der Waals surface area contributed by atoms with Gasteiger partial charge in [0, 0.05) is 13.0 Å². The molecule has 2 heterocycles. The molecule has 0 unspecified atom stereocenters. The fourth-order valence-corrected chi connectivity index (χ4v) is 5.57. The molecule has 5 rings (SSSR count). The van der Waals surface area contributed by atoms with Crippen LogP contribution in [0, 0.1) is 0 Å². The number of ether oxygens (including phenoxy) is 1. The monoisotopic (exact) mass is 493 g/mol. The summed E-state index contributed by atoms with van der Waals surface area (Å²) in [7, 11) is -2.70. The van der Waals surface area contributed by atoms with Gasteiger partial charge in [-0.05, 0) is 47.7 Å². The molecule has 2 aromatic carbocycles. The van der Waals surface area contributed by atoms with Gasteiger partial charge in [-0.25, -0.2) is 8.42 Å². The Kier molecular flexibility index (Phi) is 5.47. The Morgan fingerprint density at radius 3 is 2.49 bits per heavy atom. The highest BCUT2D eigenvalue weighted by atomic mass is 32.2. The number of methoxy groups -OCH3 is 1. The van der Waals surface area contributed by atoms with Gasteiger partial charge in [0.2, 0.25) is 0 Å². The number of fused-ring (bicyclic) bond motifs is 1. The summed E-state index contributed by atoms with van der Waals surface area (Å²) in [6, 6.07) is 13.4. The number of sulfonamides is 1. The van der Waals surface area contributed by atoms with E-state index in [2.05, 4.69) is 15.0 Å². The second kappa shape index (κ2) is 8.38. The van der Waals surface area contributed by atoms with E-state index in [1.54, 1.807) is 36.4 Å². The minimum atomic E-state index is -4.09. The highest BCUT2D eigenvalue weighted by molar-refractivity contribution is 7.92. The highest BCUT2D eigenvalue weighted by Gasteiger charge is 2.51. The standard InChI is InChI=1S/C25H23N3O6S/c1-34-21-7-4-16(15-2-5-17(6-3-15)25(9-10-25)24(30)31)12-22(21)35(32,33)28-18-13-19-20(27-14-18)8-11-26-23(19)29/h2-7,12-14,28H,8-11H2,1H3,(H,26,29)(H,30,31). The van der Waals surface area contributed by atoms with Gasteiger partial charge in [0.1, 0.15) is 10.6 Å². The van der Waals surface area contributed by atoms with Crippen LogP contribution in [0.5, 0.6) is 5.75 Å². The van der Waals surface area contributed by atoms with Crippen molar-refractivity contribution in [2.75, 3.05) is 18.4 Å². The van der Waals surface area contributed by atoms with Gasteiger partial charge in [-0.1, -0.05) is 30.3 Å². The molecule has 0 spiro atoms. The summed E-state index contributed by atoms with van der Waals surface area (Å²) < 4.78 is 34.4. The third kappa shape index (κ3) is 4.10. The second-order valence-corrected chi connectivity index (χ2v) is 10.3. The summed E-state index contributed by atoms with van der Waals surface area (Å²) in [5, 5.41) is 12.2. The highest BCUT2D eigenvalue weighted by Crippen LogP contribution is 2.48. The van der Waals surface area contributed by atoms with Gasteiger partial charge in [0.25, 0.3) is 15.9 Å². The van der Waals surface area contributed by atoms with E-state index < -0.39 is 21.4 Å². The Morgan fingerprint density at radius 1 is 1.11 bits per heavy atom. The van der Waals surface area contributed by atoms with Gasteiger partial charge in [-0.3, -0.25) is 19.3 Å². The number of benzene rings is 2. The van der Waals surface area contributed by atoms with Crippen molar-refractivity contribution in [3.05, 3.63) is 71.5 Å². The number of pyridine rings is 1. The fourth-order valence-electron chi connectivity index (χ4n) is 4.34. The summed E-state index contributed by atoms with van der Waals surface area (Å²) in [5.74, 6) is -0.966. The van der Waals surface area contributed by atoms with E-state index in [0.29, 0.717) is 42.6 Å². The van der Waals surface area contributed by atoms with Crippen molar-refractivity contribution in [3.8, 4) is 16.9 Å². The minimum Gasteiger partial charge on any atom is -0.495 e. The Labute approximate surface area is 202 Å². The topological polar surface area (TPSA) is 135 Å². The molecular formula is C25H23N3O6S. The van der Waals surface area contributed by atoms with Crippen molar-refractivity contribution >= 4 is 27.6 Å². The van der Waals surface area contributed by atoms with Gasteiger partial charge in [-0.2, -0.15) is 0 Å². The van der Waals surface area contributed by atoms with E-state index >= 15 is 0 Å². The number of carbonyl (C=O) groups is 2. The lowest BCUT2D eigenvalue weighted by molar-refractivity contribution is -0.140. The molecule has 1 aliphatic heterocycles. The number of amides is 1. The van der Waals surface area contributed by atoms with E-state index in [0.717, 1.165) is 11.1 Å². The van der Waals surface area contributed by atoms with Gasteiger partial charge in [0.15, 0.2) is 0 Å². The second-order valence-electron chi connectivity index (χ2n) is 8.66. The Morgan fingerprint density at radius 2 is 1.83 bits per heavy atom. The zero-order valence-corrected chi connectivity index (χ0v) is 19.7. The number of hydrogen-bond donors (Lipinski definition) is 3. The van der Waals surface area contributed by atoms with Crippen LogP contribution in [0.15, 0.2) is 59.6 Å². The van der Waals surface area contributed by atoms with Crippen LogP contribution in [0.4, 0.5) is 5.69 Å². The Balaban J connectivity index is 1.46. The summed E-state index contributed by atoms with van der Waals surface area (Å²) in [4.78, 5) is 27.9. The van der Waals surface area contributed by atoms with Crippen LogP contribution in [0.2, 0.25) is 0 Å². The number of rotatable bonds is 7. The first-order valence-corrected chi connectivity index (χ1v) is 12.5. The first-order valence-electron chi connectivity index (χ1n) is 11.1. The van der Waals surface area contributed by atoms with Crippen LogP contribution in [-0.4, -0.2) is 44.0 Å². The quantitative estimate of drug-likeness (QED) is 0.461. The number of carbonyl (C=O) groups excluding carboxylic acids is 1. The molecule has 1 saturated carbocycles. The molecule has 10 heteroatoms. The van der Waals surface area contributed by atoms with E-state index in [1.807, 2.05) is 0 Å². The van der Waals surface area contributed by atoms with Gasteiger partial charge in [-0.15, -0.1) is 0 Å². The zero-order valence-electron chi connectivity index (χ0n) is 18.9. The molecule has 0 atom stereocenters. The van der Waals surface area contributed by atoms with E-state index in [4.69, 9.17) is 4.74 Å². The summed E-state index contributed by atoms with van der Waals surface area (Å²) >= 11 is 0. The number of aromatic nitrogens is 1. The number of hydrogen-bond acceptors (Lipinski definition) is 6. The number of nitrogens with one attached hydrogen (secondary N) is 2. The average Bonchev–Trinajstić information content (AvgIpc) is 3.67. The molecule has 35 heavy (non-hydrogen) atoms. The van der Waals surface area contributed by atoms with Crippen LogP contribution < -0.4 is 14.8 Å². The molecule has 1 fully saturated rings. The first-order chi connectivity index (χ1) is 16.7. The number of nitrogens with zero attached hydrogens (tertiary/aromatic N) is 1. The molecule has 0 radical (unpaired) electrons. The van der Waals surface area contributed by atoms with Crippen LogP contribution >= 0.6 is 0 Å². The van der Waals surface area contributed by atoms with Crippen LogP contribution in [0.25, 0.3) is 11.1 Å². The molecule has 9 nitrogen and oxygen atoms in total. The molecule has 1 amide bonds. The molecule has 2 aliphatic rings. The molecule has 0 bridgehead atoms. The maximum absolute atomic E-state index is 13.3. The van der Waals surface area contributed by atoms with E-state index in [-0.39, 0.29) is 22.2 Å².